The lowest BCUT2D eigenvalue weighted by atomic mass is 10.1. The van der Waals surface area contributed by atoms with E-state index in [2.05, 4.69) is 4.98 Å². The van der Waals surface area contributed by atoms with Crippen LogP contribution in [0.3, 0.4) is 0 Å². The Morgan fingerprint density at radius 2 is 2.06 bits per heavy atom. The number of nitrogens with zero attached hydrogens (tertiary/aromatic N) is 1. The summed E-state index contributed by atoms with van der Waals surface area (Å²) in [4.78, 5) is 27.8. The van der Waals surface area contributed by atoms with Crippen molar-refractivity contribution in [3.05, 3.63) is 40.2 Å². The number of hydrogen-bond acceptors (Lipinski definition) is 3. The molecule has 1 aromatic carbocycles. The molecule has 0 aliphatic rings. The van der Waals surface area contributed by atoms with Gasteiger partial charge in [0.15, 0.2) is 0 Å². The minimum Gasteiger partial charge on any atom is -0.506 e. The number of aromatic hydroxyl groups is 1. The minimum atomic E-state index is -0.573. The number of aromatic nitrogens is 1. The van der Waals surface area contributed by atoms with E-state index in [1.165, 1.54) is 4.90 Å². The third-order valence-corrected chi connectivity index (χ3v) is 2.93. The fraction of sp³-hybridized carbons (Fsp3) is 0.231. The van der Waals surface area contributed by atoms with E-state index < -0.39 is 11.5 Å². The zero-order valence-corrected chi connectivity index (χ0v) is 10.2. The first-order valence-electron chi connectivity index (χ1n) is 5.65. The molecule has 1 amide bonds. The average molecular weight is 246 g/mol. The zero-order valence-electron chi connectivity index (χ0n) is 10.2. The molecule has 0 atom stereocenters. The van der Waals surface area contributed by atoms with Crippen molar-refractivity contribution in [1.82, 2.24) is 9.88 Å². The van der Waals surface area contributed by atoms with E-state index in [1.54, 1.807) is 38.2 Å². The molecule has 0 aliphatic heterocycles. The van der Waals surface area contributed by atoms with Crippen LogP contribution in [0.2, 0.25) is 0 Å². The predicted molar refractivity (Wildman–Crippen MR) is 68.9 cm³/mol. The number of nitrogens with one attached hydrogen (secondary N) is 1. The summed E-state index contributed by atoms with van der Waals surface area (Å²) >= 11 is 0. The largest absolute Gasteiger partial charge is 0.506 e. The van der Waals surface area contributed by atoms with Gasteiger partial charge in [0.05, 0.1) is 5.52 Å². The van der Waals surface area contributed by atoms with Gasteiger partial charge in [0.1, 0.15) is 11.3 Å². The van der Waals surface area contributed by atoms with Crippen molar-refractivity contribution in [1.29, 1.82) is 0 Å². The van der Waals surface area contributed by atoms with Crippen molar-refractivity contribution >= 4 is 16.8 Å². The number of benzene rings is 1. The molecule has 0 saturated heterocycles. The quantitative estimate of drug-likeness (QED) is 0.839. The number of fused-ring (bicyclic) bond motifs is 1. The maximum atomic E-state index is 12.0. The summed E-state index contributed by atoms with van der Waals surface area (Å²) in [6.45, 7) is 2.26. The second kappa shape index (κ2) is 4.52. The molecule has 5 nitrogen and oxygen atoms in total. The Bertz CT molecular complexity index is 661. The van der Waals surface area contributed by atoms with Gasteiger partial charge in [-0.05, 0) is 19.1 Å². The fourth-order valence-corrected chi connectivity index (χ4v) is 1.76. The first kappa shape index (κ1) is 12.2. The normalized spacial score (nSPS) is 10.6. The molecule has 94 valence electrons. The first-order chi connectivity index (χ1) is 8.56. The van der Waals surface area contributed by atoms with Gasteiger partial charge in [-0.15, -0.1) is 0 Å². The zero-order chi connectivity index (χ0) is 13.3. The molecule has 5 heteroatoms. The Kier molecular flexibility index (Phi) is 3.06. The molecule has 1 aromatic heterocycles. The number of carbonyl (C=O) groups is 1. The van der Waals surface area contributed by atoms with Crippen LogP contribution in [0.25, 0.3) is 10.9 Å². The lowest BCUT2D eigenvalue weighted by Crippen LogP contribution is -2.31. The van der Waals surface area contributed by atoms with E-state index in [0.717, 1.165) is 0 Å². The molecule has 0 aliphatic carbocycles. The number of amides is 1. The van der Waals surface area contributed by atoms with Gasteiger partial charge < -0.3 is 15.0 Å². The van der Waals surface area contributed by atoms with E-state index in [9.17, 15) is 14.7 Å². The van der Waals surface area contributed by atoms with E-state index >= 15 is 0 Å². The molecule has 2 aromatic rings. The summed E-state index contributed by atoms with van der Waals surface area (Å²) in [5, 5.41) is 10.5. The van der Waals surface area contributed by atoms with Gasteiger partial charge in [-0.1, -0.05) is 12.1 Å². The van der Waals surface area contributed by atoms with E-state index in [1.807, 2.05) is 0 Å². The van der Waals surface area contributed by atoms with E-state index in [-0.39, 0.29) is 11.3 Å². The molecule has 0 unspecified atom stereocenters. The molecule has 2 N–H and O–H groups in total. The number of carbonyl (C=O) groups excluding carboxylic acids is 1. The maximum absolute atomic E-state index is 12.0. The van der Waals surface area contributed by atoms with Crippen LogP contribution in [0.1, 0.15) is 17.3 Å². The van der Waals surface area contributed by atoms with Gasteiger partial charge in [0, 0.05) is 19.0 Å². The maximum Gasteiger partial charge on any atom is 0.265 e. The number of pyridine rings is 1. The molecule has 18 heavy (non-hydrogen) atoms. The molecular formula is C13H14N2O3. The van der Waals surface area contributed by atoms with Crippen molar-refractivity contribution < 1.29 is 9.90 Å². The van der Waals surface area contributed by atoms with Crippen LogP contribution in [0.15, 0.2) is 29.1 Å². The lowest BCUT2D eigenvalue weighted by Gasteiger charge is -2.15. The van der Waals surface area contributed by atoms with Crippen LogP contribution in [0.4, 0.5) is 0 Å². The summed E-state index contributed by atoms with van der Waals surface area (Å²) in [6, 6.07) is 6.81. The van der Waals surface area contributed by atoms with Crippen LogP contribution in [-0.2, 0) is 0 Å². The van der Waals surface area contributed by atoms with Gasteiger partial charge >= 0.3 is 0 Å². The molecule has 0 radical (unpaired) electrons. The fourth-order valence-electron chi connectivity index (χ4n) is 1.76. The van der Waals surface area contributed by atoms with Gasteiger partial charge in [-0.3, -0.25) is 9.59 Å². The molecule has 0 saturated carbocycles. The second-order valence-corrected chi connectivity index (χ2v) is 4.04. The summed E-state index contributed by atoms with van der Waals surface area (Å²) in [7, 11) is 1.58. The monoisotopic (exact) mass is 246 g/mol. The van der Waals surface area contributed by atoms with Crippen molar-refractivity contribution in [2.75, 3.05) is 13.6 Å². The van der Waals surface area contributed by atoms with Crippen LogP contribution < -0.4 is 5.56 Å². The highest BCUT2D eigenvalue weighted by Gasteiger charge is 2.21. The minimum absolute atomic E-state index is 0.210. The molecular weight excluding hydrogens is 232 g/mol. The van der Waals surface area contributed by atoms with Crippen molar-refractivity contribution in [3.63, 3.8) is 0 Å². The first-order valence-corrected chi connectivity index (χ1v) is 5.65. The summed E-state index contributed by atoms with van der Waals surface area (Å²) in [5.74, 6) is -0.748. The Morgan fingerprint density at radius 1 is 1.39 bits per heavy atom. The number of H-pyrrole nitrogens is 1. The Hall–Kier alpha value is -2.30. The van der Waals surface area contributed by atoms with Crippen LogP contribution in [0.5, 0.6) is 5.75 Å². The van der Waals surface area contributed by atoms with Crippen molar-refractivity contribution in [2.45, 2.75) is 6.92 Å². The van der Waals surface area contributed by atoms with E-state index in [4.69, 9.17) is 0 Å². The Balaban J connectivity index is 2.72. The molecule has 1 heterocycles. The standard InChI is InChI=1S/C13H14N2O3/c1-3-15(2)13(18)10-11(16)8-6-4-5-7-9(8)14-12(10)17/h4-7H,3H2,1-2H3,(H2,14,16,17). The Morgan fingerprint density at radius 3 is 2.72 bits per heavy atom. The SMILES string of the molecule is CCN(C)C(=O)c1c(O)c2ccccc2[nH]c1=O. The lowest BCUT2D eigenvalue weighted by molar-refractivity contribution is 0.0798. The summed E-state index contributed by atoms with van der Waals surface area (Å²) in [5.41, 5.74) is -0.273. The molecule has 0 fully saturated rings. The number of para-hydroxylation sites is 1. The molecule has 2 rings (SSSR count). The summed E-state index contributed by atoms with van der Waals surface area (Å²) in [6.07, 6.45) is 0. The topological polar surface area (TPSA) is 73.4 Å². The van der Waals surface area contributed by atoms with Crippen LogP contribution in [-0.4, -0.2) is 34.5 Å². The number of hydrogen-bond donors (Lipinski definition) is 2. The van der Waals surface area contributed by atoms with Gasteiger partial charge in [0.2, 0.25) is 0 Å². The van der Waals surface area contributed by atoms with Gasteiger partial charge in [-0.25, -0.2) is 0 Å². The van der Waals surface area contributed by atoms with Crippen LogP contribution >= 0.6 is 0 Å². The number of aromatic amines is 1. The third-order valence-electron chi connectivity index (χ3n) is 2.93. The average Bonchev–Trinajstić information content (AvgIpc) is 2.37. The number of rotatable bonds is 2. The van der Waals surface area contributed by atoms with Gasteiger partial charge in [0.25, 0.3) is 11.5 Å². The predicted octanol–water partition coefficient (Wildman–Crippen LogP) is 1.33. The Labute approximate surface area is 104 Å². The van der Waals surface area contributed by atoms with Crippen molar-refractivity contribution in [3.8, 4) is 5.75 Å². The smallest absolute Gasteiger partial charge is 0.265 e. The van der Waals surface area contributed by atoms with Gasteiger partial charge in [-0.2, -0.15) is 0 Å². The highest BCUT2D eigenvalue weighted by Crippen LogP contribution is 2.24. The van der Waals surface area contributed by atoms with Crippen LogP contribution in [0, 0.1) is 0 Å². The second-order valence-electron chi connectivity index (χ2n) is 4.04. The van der Waals surface area contributed by atoms with Crippen molar-refractivity contribution in [2.24, 2.45) is 0 Å². The third kappa shape index (κ3) is 1.84. The molecule has 0 spiro atoms. The highest BCUT2D eigenvalue weighted by atomic mass is 16.3. The van der Waals surface area contributed by atoms with E-state index in [0.29, 0.717) is 17.4 Å². The summed E-state index contributed by atoms with van der Waals surface area (Å²) < 4.78 is 0. The highest BCUT2D eigenvalue weighted by molar-refractivity contribution is 6.01. The molecule has 0 bridgehead atoms.